The summed E-state index contributed by atoms with van der Waals surface area (Å²) in [4.78, 5) is 12.1. The first-order valence-corrected chi connectivity index (χ1v) is 12.1. The summed E-state index contributed by atoms with van der Waals surface area (Å²) in [5, 5.41) is 15.1. The SMILES string of the molecule is COc1cc(C2(O)CN(c3nc4c(c(NC5CCOCC5)n3)[S@](=O)CC4)C2)ccc1Cl. The molecule has 0 amide bonds. The van der Waals surface area contributed by atoms with Crippen molar-refractivity contribution >= 4 is 34.2 Å². The number of nitrogens with zero attached hydrogens (tertiary/aromatic N) is 3. The monoisotopic (exact) mass is 464 g/mol. The maximum atomic E-state index is 12.6. The van der Waals surface area contributed by atoms with E-state index in [1.54, 1.807) is 19.2 Å². The van der Waals surface area contributed by atoms with E-state index in [-0.39, 0.29) is 6.04 Å². The number of hydrogen-bond acceptors (Lipinski definition) is 8. The Kier molecular flexibility index (Phi) is 5.54. The van der Waals surface area contributed by atoms with Gasteiger partial charge in [-0.3, -0.25) is 4.21 Å². The summed E-state index contributed by atoms with van der Waals surface area (Å²) >= 11 is 6.12. The van der Waals surface area contributed by atoms with E-state index in [9.17, 15) is 9.32 Å². The number of rotatable bonds is 5. The lowest BCUT2D eigenvalue weighted by Gasteiger charge is -2.47. The van der Waals surface area contributed by atoms with Gasteiger partial charge in [0.25, 0.3) is 0 Å². The minimum absolute atomic E-state index is 0.244. The van der Waals surface area contributed by atoms with E-state index in [1.807, 2.05) is 11.0 Å². The molecule has 0 spiro atoms. The third kappa shape index (κ3) is 3.88. The van der Waals surface area contributed by atoms with Crippen LogP contribution in [-0.4, -0.2) is 64.5 Å². The Bertz CT molecular complexity index is 1020. The molecular formula is C21H25ClN4O4S. The van der Waals surface area contributed by atoms with Crippen LogP contribution in [0.15, 0.2) is 23.1 Å². The van der Waals surface area contributed by atoms with Crippen molar-refractivity contribution in [2.24, 2.45) is 0 Å². The summed E-state index contributed by atoms with van der Waals surface area (Å²) in [5.41, 5.74) is 0.548. The van der Waals surface area contributed by atoms with Gasteiger partial charge in [0, 0.05) is 31.4 Å². The minimum atomic E-state index is -1.08. The number of aryl methyl sites for hydroxylation is 1. The van der Waals surface area contributed by atoms with E-state index in [4.69, 9.17) is 26.1 Å². The van der Waals surface area contributed by atoms with Crippen LogP contribution in [-0.2, 0) is 27.6 Å². The molecule has 2 saturated heterocycles. The molecule has 1 atom stereocenters. The molecule has 1 aromatic carbocycles. The van der Waals surface area contributed by atoms with Crippen molar-refractivity contribution in [3.8, 4) is 5.75 Å². The van der Waals surface area contributed by atoms with Crippen molar-refractivity contribution in [1.29, 1.82) is 0 Å². The first-order chi connectivity index (χ1) is 15.0. The van der Waals surface area contributed by atoms with Gasteiger partial charge >= 0.3 is 0 Å². The summed E-state index contributed by atoms with van der Waals surface area (Å²) in [5.74, 6) is 2.32. The number of ether oxygens (including phenoxy) is 2. The fourth-order valence-corrected chi connectivity index (χ4v) is 5.83. The Morgan fingerprint density at radius 2 is 2.10 bits per heavy atom. The normalized spacial score (nSPS) is 22.7. The summed E-state index contributed by atoms with van der Waals surface area (Å²) in [7, 11) is 0.470. The van der Waals surface area contributed by atoms with Gasteiger partial charge in [-0.25, -0.2) is 4.98 Å². The lowest BCUT2D eigenvalue weighted by molar-refractivity contribution is 0.00633. The number of anilines is 2. The predicted molar refractivity (Wildman–Crippen MR) is 119 cm³/mol. The highest BCUT2D eigenvalue weighted by Crippen LogP contribution is 2.39. The number of hydrogen-bond donors (Lipinski definition) is 2. The highest BCUT2D eigenvalue weighted by Gasteiger charge is 2.45. The zero-order chi connectivity index (χ0) is 21.6. The number of halogens is 1. The maximum Gasteiger partial charge on any atom is 0.227 e. The lowest BCUT2D eigenvalue weighted by Crippen LogP contribution is -2.60. The topological polar surface area (TPSA) is 96.8 Å². The van der Waals surface area contributed by atoms with Gasteiger partial charge in [0.1, 0.15) is 22.1 Å². The third-order valence-corrected chi connectivity index (χ3v) is 7.89. The van der Waals surface area contributed by atoms with Crippen LogP contribution in [0.5, 0.6) is 5.75 Å². The molecule has 4 heterocycles. The average molecular weight is 465 g/mol. The van der Waals surface area contributed by atoms with E-state index < -0.39 is 16.4 Å². The molecular weight excluding hydrogens is 440 g/mol. The molecule has 0 saturated carbocycles. The summed E-state index contributed by atoms with van der Waals surface area (Å²) < 4.78 is 23.3. The minimum Gasteiger partial charge on any atom is -0.495 e. The number of β-amino-alcohol motifs (C(OH)–C–C–N with tert-alkyl or cyclic N) is 1. The first kappa shape index (κ1) is 20.9. The van der Waals surface area contributed by atoms with Crippen LogP contribution in [0.25, 0.3) is 0 Å². The Hall–Kier alpha value is -1.94. The second-order valence-corrected chi connectivity index (χ2v) is 10.1. The van der Waals surface area contributed by atoms with Gasteiger partial charge in [-0.05, 0) is 30.5 Å². The largest absolute Gasteiger partial charge is 0.495 e. The van der Waals surface area contributed by atoms with Gasteiger partial charge in [0.2, 0.25) is 5.95 Å². The Labute approximate surface area is 188 Å². The molecule has 166 valence electrons. The molecule has 1 aromatic heterocycles. The average Bonchev–Trinajstić information content (AvgIpc) is 3.13. The molecule has 5 rings (SSSR count). The molecule has 0 unspecified atom stereocenters. The van der Waals surface area contributed by atoms with E-state index in [0.717, 1.165) is 29.0 Å². The quantitative estimate of drug-likeness (QED) is 0.694. The van der Waals surface area contributed by atoms with E-state index in [0.29, 0.717) is 61.0 Å². The predicted octanol–water partition coefficient (Wildman–Crippen LogP) is 2.10. The smallest absolute Gasteiger partial charge is 0.227 e. The van der Waals surface area contributed by atoms with Crippen molar-refractivity contribution in [3.05, 3.63) is 34.5 Å². The highest BCUT2D eigenvalue weighted by molar-refractivity contribution is 7.85. The number of aromatic nitrogens is 2. The van der Waals surface area contributed by atoms with Crippen LogP contribution < -0.4 is 15.0 Å². The van der Waals surface area contributed by atoms with Crippen molar-refractivity contribution in [3.63, 3.8) is 0 Å². The Balaban J connectivity index is 1.39. The summed E-state index contributed by atoms with van der Waals surface area (Å²) in [6, 6.07) is 5.55. The van der Waals surface area contributed by atoms with Crippen molar-refractivity contribution in [2.75, 3.05) is 49.4 Å². The van der Waals surface area contributed by atoms with Gasteiger partial charge < -0.3 is 24.8 Å². The second kappa shape index (κ2) is 8.20. The molecule has 0 radical (unpaired) electrons. The van der Waals surface area contributed by atoms with Crippen molar-refractivity contribution < 1.29 is 18.8 Å². The molecule has 2 aromatic rings. The van der Waals surface area contributed by atoms with Crippen LogP contribution >= 0.6 is 11.6 Å². The van der Waals surface area contributed by atoms with Crippen LogP contribution in [0.4, 0.5) is 11.8 Å². The van der Waals surface area contributed by atoms with Gasteiger partial charge in [-0.1, -0.05) is 17.7 Å². The molecule has 0 aliphatic carbocycles. The maximum absolute atomic E-state index is 12.6. The highest BCUT2D eigenvalue weighted by atomic mass is 35.5. The zero-order valence-electron chi connectivity index (χ0n) is 17.3. The van der Waals surface area contributed by atoms with Crippen LogP contribution in [0.3, 0.4) is 0 Å². The number of benzene rings is 1. The third-order valence-electron chi connectivity index (χ3n) is 6.11. The van der Waals surface area contributed by atoms with E-state index in [1.165, 1.54) is 0 Å². The molecule has 10 heteroatoms. The number of nitrogens with one attached hydrogen (secondary N) is 1. The Morgan fingerprint density at radius 1 is 1.32 bits per heavy atom. The zero-order valence-corrected chi connectivity index (χ0v) is 18.8. The standard InChI is InChI=1S/C21H25ClN4O4S/c1-29-17-10-13(2-3-15(17)22)21(27)11-26(12-21)20-24-16-6-9-31(28)18(16)19(25-20)23-14-4-7-30-8-5-14/h2-3,10,14,27H,4-9,11-12H2,1H3,(H,23,24,25)/t31-/m1/s1. The van der Waals surface area contributed by atoms with Gasteiger partial charge in [0.05, 0.1) is 41.7 Å². The number of aliphatic hydroxyl groups is 1. The van der Waals surface area contributed by atoms with Crippen molar-refractivity contribution in [2.45, 2.75) is 35.8 Å². The molecule has 2 N–H and O–H groups in total. The fraction of sp³-hybridized carbons (Fsp3) is 0.524. The van der Waals surface area contributed by atoms with Crippen molar-refractivity contribution in [1.82, 2.24) is 9.97 Å². The van der Waals surface area contributed by atoms with Crippen LogP contribution in [0.2, 0.25) is 5.02 Å². The fourth-order valence-electron chi connectivity index (χ4n) is 4.32. The van der Waals surface area contributed by atoms with Gasteiger partial charge in [-0.15, -0.1) is 0 Å². The molecule has 3 aliphatic heterocycles. The molecule has 8 nitrogen and oxygen atoms in total. The van der Waals surface area contributed by atoms with E-state index >= 15 is 0 Å². The second-order valence-electron chi connectivity index (χ2n) is 8.22. The molecule has 3 aliphatic rings. The molecule has 31 heavy (non-hydrogen) atoms. The summed E-state index contributed by atoms with van der Waals surface area (Å²) in [6.07, 6.45) is 2.46. The summed E-state index contributed by atoms with van der Waals surface area (Å²) in [6.45, 7) is 2.14. The lowest BCUT2D eigenvalue weighted by atomic mass is 9.86. The molecule has 2 fully saturated rings. The number of methoxy groups -OCH3 is 1. The molecule has 0 bridgehead atoms. The van der Waals surface area contributed by atoms with Crippen LogP contribution in [0.1, 0.15) is 24.1 Å². The van der Waals surface area contributed by atoms with E-state index in [2.05, 4.69) is 10.3 Å². The van der Waals surface area contributed by atoms with Crippen LogP contribution in [0, 0.1) is 0 Å². The van der Waals surface area contributed by atoms with Gasteiger partial charge in [-0.2, -0.15) is 4.98 Å². The Morgan fingerprint density at radius 3 is 2.84 bits per heavy atom. The first-order valence-electron chi connectivity index (χ1n) is 10.4. The van der Waals surface area contributed by atoms with Gasteiger partial charge in [0.15, 0.2) is 0 Å². The number of fused-ring (bicyclic) bond motifs is 1.